The van der Waals surface area contributed by atoms with Crippen molar-refractivity contribution in [1.29, 1.82) is 0 Å². The Labute approximate surface area is 62.6 Å². The minimum Gasteiger partial charge on any atom is -0.288 e. The second-order valence-electron chi connectivity index (χ2n) is 2.60. The average molecular weight is 164 g/mol. The van der Waals surface area contributed by atoms with Gasteiger partial charge in [-0.1, -0.05) is 5.92 Å². The van der Waals surface area contributed by atoms with E-state index in [-0.39, 0.29) is 0 Å². The maximum atomic E-state index is 11.7. The largest absolute Gasteiger partial charge is 0.451 e. The molecule has 0 N–H and O–H groups in total. The Morgan fingerprint density at radius 1 is 1.36 bits per heavy atom. The Morgan fingerprint density at radius 2 is 1.73 bits per heavy atom. The van der Waals surface area contributed by atoms with Gasteiger partial charge in [-0.05, 0) is 13.8 Å². The van der Waals surface area contributed by atoms with E-state index in [1.54, 1.807) is 5.92 Å². The van der Waals surface area contributed by atoms with Crippen LogP contribution in [0.2, 0.25) is 0 Å². The number of hydrogen-bond acceptors (Lipinski definition) is 1. The van der Waals surface area contributed by atoms with Crippen molar-refractivity contribution >= 4 is 5.78 Å². The Bertz CT molecular complexity index is 207. The number of rotatable bonds is 1. The van der Waals surface area contributed by atoms with E-state index >= 15 is 0 Å². The zero-order valence-electron chi connectivity index (χ0n) is 6.12. The van der Waals surface area contributed by atoms with E-state index in [9.17, 15) is 18.0 Å². The molecule has 0 amide bonds. The summed E-state index contributed by atoms with van der Waals surface area (Å²) in [4.78, 5) is 10.4. The molecule has 0 rings (SSSR count). The number of carbonyl (C=O) groups excluding carboxylic acids is 1. The van der Waals surface area contributed by atoms with Crippen LogP contribution in [0.4, 0.5) is 13.2 Å². The van der Waals surface area contributed by atoms with E-state index in [4.69, 9.17) is 6.42 Å². The molecule has 0 saturated heterocycles. The van der Waals surface area contributed by atoms with Crippen molar-refractivity contribution in [2.24, 2.45) is 5.41 Å². The lowest BCUT2D eigenvalue weighted by atomic mass is 9.89. The molecule has 1 nitrogen and oxygen atoms in total. The van der Waals surface area contributed by atoms with Crippen LogP contribution < -0.4 is 0 Å². The molecular weight excluding hydrogens is 157 g/mol. The molecule has 0 atom stereocenters. The van der Waals surface area contributed by atoms with Crippen LogP contribution in [0.3, 0.4) is 0 Å². The summed E-state index contributed by atoms with van der Waals surface area (Å²) in [6.45, 7) is 2.12. The van der Waals surface area contributed by atoms with Crippen LogP contribution in [0.5, 0.6) is 0 Å². The Balaban J connectivity index is 4.68. The maximum absolute atomic E-state index is 11.7. The first-order chi connectivity index (χ1) is 4.72. The average Bonchev–Trinajstić information content (AvgIpc) is 1.84. The summed E-state index contributed by atoms with van der Waals surface area (Å²) in [5, 5.41) is 0. The van der Waals surface area contributed by atoms with E-state index in [2.05, 4.69) is 0 Å². The molecule has 62 valence electrons. The van der Waals surface area contributed by atoms with Gasteiger partial charge in [0.05, 0.1) is 5.41 Å². The van der Waals surface area contributed by atoms with Gasteiger partial charge >= 0.3 is 6.18 Å². The summed E-state index contributed by atoms with van der Waals surface area (Å²) in [5.74, 6) is -0.104. The topological polar surface area (TPSA) is 17.1 Å². The Hall–Kier alpha value is -0.980. The molecule has 0 saturated carbocycles. The van der Waals surface area contributed by atoms with Crippen LogP contribution in [-0.4, -0.2) is 12.0 Å². The monoisotopic (exact) mass is 164 g/mol. The highest BCUT2D eigenvalue weighted by Gasteiger charge is 2.46. The SMILES string of the molecule is C#CC(C)(C)C(=O)C(F)(F)F. The van der Waals surface area contributed by atoms with Gasteiger partial charge in [-0.2, -0.15) is 13.2 Å². The van der Waals surface area contributed by atoms with Crippen molar-refractivity contribution in [2.75, 3.05) is 0 Å². The van der Waals surface area contributed by atoms with Crippen LogP contribution in [0.15, 0.2) is 0 Å². The third-order valence-electron chi connectivity index (χ3n) is 1.19. The van der Waals surface area contributed by atoms with Gasteiger partial charge in [-0.25, -0.2) is 0 Å². The summed E-state index contributed by atoms with van der Waals surface area (Å²) in [7, 11) is 0. The van der Waals surface area contributed by atoms with E-state index in [1.165, 1.54) is 0 Å². The van der Waals surface area contributed by atoms with Crippen molar-refractivity contribution in [3.8, 4) is 12.3 Å². The van der Waals surface area contributed by atoms with E-state index in [1.807, 2.05) is 0 Å². The van der Waals surface area contributed by atoms with Crippen molar-refractivity contribution in [2.45, 2.75) is 20.0 Å². The molecule has 0 radical (unpaired) electrons. The second kappa shape index (κ2) is 2.57. The van der Waals surface area contributed by atoms with Gasteiger partial charge in [0.25, 0.3) is 5.78 Å². The minimum atomic E-state index is -4.84. The van der Waals surface area contributed by atoms with E-state index < -0.39 is 17.4 Å². The number of carbonyl (C=O) groups is 1. The molecule has 0 aromatic carbocycles. The fourth-order valence-corrected chi connectivity index (χ4v) is 0.420. The van der Waals surface area contributed by atoms with Gasteiger partial charge in [0, 0.05) is 0 Å². The smallest absolute Gasteiger partial charge is 0.288 e. The van der Waals surface area contributed by atoms with Crippen molar-refractivity contribution in [3.63, 3.8) is 0 Å². The number of ketones is 1. The van der Waals surface area contributed by atoms with Crippen molar-refractivity contribution < 1.29 is 18.0 Å². The summed E-state index contributed by atoms with van der Waals surface area (Å²) < 4.78 is 35.1. The number of terminal acetylenes is 1. The predicted molar refractivity (Wildman–Crippen MR) is 33.7 cm³/mol. The van der Waals surface area contributed by atoms with E-state index in [0.29, 0.717) is 0 Å². The number of halogens is 3. The minimum absolute atomic E-state index is 1.06. The molecule has 0 fully saturated rings. The number of hydrogen-bond donors (Lipinski definition) is 0. The van der Waals surface area contributed by atoms with Crippen molar-refractivity contribution in [1.82, 2.24) is 0 Å². The van der Waals surface area contributed by atoms with Crippen LogP contribution in [0, 0.1) is 17.8 Å². The molecule has 0 aliphatic carbocycles. The molecule has 0 bridgehead atoms. The zero-order valence-corrected chi connectivity index (χ0v) is 6.12. The molecule has 0 aliphatic rings. The van der Waals surface area contributed by atoms with E-state index in [0.717, 1.165) is 13.8 Å². The standard InChI is InChI=1S/C7H7F3O/c1-4-6(2,3)5(11)7(8,9)10/h1H,2-3H3. The lowest BCUT2D eigenvalue weighted by Crippen LogP contribution is -2.35. The molecule has 0 unspecified atom stereocenters. The Morgan fingerprint density at radius 3 is 1.82 bits per heavy atom. The van der Waals surface area contributed by atoms with Crippen LogP contribution in [0.25, 0.3) is 0 Å². The van der Waals surface area contributed by atoms with Crippen molar-refractivity contribution in [3.05, 3.63) is 0 Å². The normalized spacial score (nSPS) is 12.4. The first-order valence-electron chi connectivity index (χ1n) is 2.81. The first kappa shape index (κ1) is 10.0. The quantitative estimate of drug-likeness (QED) is 0.540. The molecule has 11 heavy (non-hydrogen) atoms. The molecule has 0 spiro atoms. The maximum Gasteiger partial charge on any atom is 0.451 e. The molecule has 0 aromatic heterocycles. The lowest BCUT2D eigenvalue weighted by Gasteiger charge is -2.16. The number of alkyl halides is 3. The van der Waals surface area contributed by atoms with Gasteiger partial charge < -0.3 is 0 Å². The fraction of sp³-hybridized carbons (Fsp3) is 0.571. The van der Waals surface area contributed by atoms with Gasteiger partial charge in [0.1, 0.15) is 0 Å². The van der Waals surface area contributed by atoms with Gasteiger partial charge in [-0.15, -0.1) is 6.42 Å². The summed E-state index contributed by atoms with van der Waals surface area (Å²) in [6.07, 6.45) is -0.104. The molecule has 0 aromatic rings. The highest BCUT2D eigenvalue weighted by atomic mass is 19.4. The molecule has 4 heteroatoms. The van der Waals surface area contributed by atoms with Gasteiger partial charge in [0.15, 0.2) is 0 Å². The lowest BCUT2D eigenvalue weighted by molar-refractivity contribution is -0.177. The summed E-state index contributed by atoms with van der Waals surface area (Å²) in [6, 6.07) is 0. The Kier molecular flexibility index (Phi) is 2.34. The van der Waals surface area contributed by atoms with Gasteiger partial charge in [-0.3, -0.25) is 4.79 Å². The highest BCUT2D eigenvalue weighted by molar-refractivity contribution is 5.91. The van der Waals surface area contributed by atoms with Gasteiger partial charge in [0.2, 0.25) is 0 Å². The third kappa shape index (κ3) is 2.26. The zero-order chi connectivity index (χ0) is 9.28. The summed E-state index contributed by atoms with van der Waals surface area (Å²) >= 11 is 0. The van der Waals surface area contributed by atoms with Crippen LogP contribution >= 0.6 is 0 Å². The highest BCUT2D eigenvalue weighted by Crippen LogP contribution is 2.27. The molecular formula is C7H7F3O. The fourth-order valence-electron chi connectivity index (χ4n) is 0.420. The summed E-state index contributed by atoms with van der Waals surface area (Å²) in [5.41, 5.74) is -1.75. The number of Topliss-reactive ketones (excluding diaryl/α,β-unsaturated/α-hetero) is 1. The second-order valence-corrected chi connectivity index (χ2v) is 2.60. The molecule has 0 heterocycles. The van der Waals surface area contributed by atoms with Crippen LogP contribution in [0.1, 0.15) is 13.8 Å². The predicted octanol–water partition coefficient (Wildman–Crippen LogP) is 1.78. The third-order valence-corrected chi connectivity index (χ3v) is 1.19. The molecule has 0 aliphatic heterocycles. The first-order valence-corrected chi connectivity index (χ1v) is 2.81. The van der Waals surface area contributed by atoms with Crippen LogP contribution in [-0.2, 0) is 4.79 Å².